The van der Waals surface area contributed by atoms with E-state index in [1.54, 1.807) is 6.07 Å². The highest BCUT2D eigenvalue weighted by Crippen LogP contribution is 2.31. The van der Waals surface area contributed by atoms with Gasteiger partial charge in [-0.3, -0.25) is 0 Å². The maximum Gasteiger partial charge on any atom is 0.132 e. The fraction of sp³-hybridized carbons (Fsp3) is 0.583. The van der Waals surface area contributed by atoms with Crippen molar-refractivity contribution in [1.82, 2.24) is 10.2 Å². The quantitative estimate of drug-likeness (QED) is 0.480. The topological polar surface area (TPSA) is 25.8 Å². The van der Waals surface area contributed by atoms with E-state index in [4.69, 9.17) is 0 Å². The number of hydrogen-bond donors (Lipinski definition) is 0. The summed E-state index contributed by atoms with van der Waals surface area (Å²) in [5.74, 6) is 1.54. The number of benzene rings is 1. The van der Waals surface area contributed by atoms with E-state index in [0.717, 1.165) is 42.4 Å². The van der Waals surface area contributed by atoms with Crippen LogP contribution in [0, 0.1) is 17.7 Å². The predicted octanol–water partition coefficient (Wildman–Crippen LogP) is 6.77. The zero-order valence-electron chi connectivity index (χ0n) is 16.9. The monoisotopic (exact) mass is 368 g/mol. The fourth-order valence-corrected chi connectivity index (χ4v) is 4.11. The lowest BCUT2D eigenvalue weighted by atomic mass is 9.81. The number of rotatable bonds is 8. The number of hydrogen-bond acceptors (Lipinski definition) is 2. The van der Waals surface area contributed by atoms with Crippen LogP contribution in [-0.2, 0) is 12.8 Å². The highest BCUT2D eigenvalue weighted by Gasteiger charge is 2.18. The van der Waals surface area contributed by atoms with Gasteiger partial charge in [0.25, 0.3) is 0 Å². The molecule has 0 bridgehead atoms. The van der Waals surface area contributed by atoms with E-state index < -0.39 is 0 Å². The van der Waals surface area contributed by atoms with E-state index in [1.807, 2.05) is 24.3 Å². The van der Waals surface area contributed by atoms with Gasteiger partial charge in [-0.25, -0.2) is 4.39 Å². The minimum atomic E-state index is -0.192. The molecular weight excluding hydrogens is 335 g/mol. The van der Waals surface area contributed by atoms with Crippen LogP contribution in [-0.4, -0.2) is 10.2 Å². The third-order valence-electron chi connectivity index (χ3n) is 6.04. The van der Waals surface area contributed by atoms with Crippen LogP contribution in [0.4, 0.5) is 4.39 Å². The first-order valence-electron chi connectivity index (χ1n) is 10.8. The second-order valence-corrected chi connectivity index (χ2v) is 8.35. The standard InChI is InChI=1S/C24H33FN2/c1-3-4-5-6-20-12-15-22(23(25)17-20)24-16-14-21(26-27-24)13-11-19-9-7-18(2)8-10-19/h12,14-19H,3-11,13H2,1-2H3. The Kier molecular flexibility index (Phi) is 7.37. The molecule has 0 amide bonds. The summed E-state index contributed by atoms with van der Waals surface area (Å²) in [5, 5.41) is 8.66. The zero-order chi connectivity index (χ0) is 19.1. The maximum absolute atomic E-state index is 14.5. The SMILES string of the molecule is CCCCCc1ccc(-c2ccc(CCC3CCC(C)CC3)nn2)c(F)c1. The van der Waals surface area contributed by atoms with Crippen molar-refractivity contribution in [3.8, 4) is 11.3 Å². The first-order valence-corrected chi connectivity index (χ1v) is 10.8. The molecule has 2 nitrogen and oxygen atoms in total. The van der Waals surface area contributed by atoms with Gasteiger partial charge >= 0.3 is 0 Å². The van der Waals surface area contributed by atoms with E-state index in [2.05, 4.69) is 24.0 Å². The molecule has 1 fully saturated rings. The molecule has 0 aliphatic heterocycles. The van der Waals surface area contributed by atoms with Crippen molar-refractivity contribution in [1.29, 1.82) is 0 Å². The van der Waals surface area contributed by atoms with Gasteiger partial charge in [0.2, 0.25) is 0 Å². The fourth-order valence-electron chi connectivity index (χ4n) is 4.11. The van der Waals surface area contributed by atoms with Crippen molar-refractivity contribution in [2.24, 2.45) is 11.8 Å². The van der Waals surface area contributed by atoms with Crippen molar-refractivity contribution in [2.45, 2.75) is 78.1 Å². The average Bonchev–Trinajstić information content (AvgIpc) is 2.68. The molecule has 3 heteroatoms. The van der Waals surface area contributed by atoms with Crippen molar-refractivity contribution >= 4 is 0 Å². The average molecular weight is 369 g/mol. The molecular formula is C24H33FN2. The molecule has 2 aromatic rings. The molecule has 1 saturated carbocycles. The van der Waals surface area contributed by atoms with Crippen LogP contribution in [0.25, 0.3) is 11.3 Å². The number of unbranched alkanes of at least 4 members (excludes halogenated alkanes) is 2. The first-order chi connectivity index (χ1) is 13.2. The minimum Gasteiger partial charge on any atom is -0.206 e. The number of halogens is 1. The van der Waals surface area contributed by atoms with Gasteiger partial charge in [-0.15, -0.1) is 0 Å². The molecule has 0 N–H and O–H groups in total. The van der Waals surface area contributed by atoms with E-state index in [-0.39, 0.29) is 5.82 Å². The Hall–Kier alpha value is -1.77. The highest BCUT2D eigenvalue weighted by molar-refractivity contribution is 5.59. The highest BCUT2D eigenvalue weighted by atomic mass is 19.1. The summed E-state index contributed by atoms with van der Waals surface area (Å²) in [5.41, 5.74) is 3.27. The predicted molar refractivity (Wildman–Crippen MR) is 110 cm³/mol. The Labute approximate surface area is 163 Å². The Morgan fingerprint density at radius 2 is 1.78 bits per heavy atom. The van der Waals surface area contributed by atoms with Gasteiger partial charge in [-0.2, -0.15) is 10.2 Å². The van der Waals surface area contributed by atoms with Crippen LogP contribution < -0.4 is 0 Å². The summed E-state index contributed by atoms with van der Waals surface area (Å²) in [6.45, 7) is 4.54. The van der Waals surface area contributed by atoms with Gasteiger partial charge in [-0.1, -0.05) is 58.4 Å². The maximum atomic E-state index is 14.5. The number of aromatic nitrogens is 2. The summed E-state index contributed by atoms with van der Waals surface area (Å²) in [6.07, 6.45) is 12.0. The molecule has 0 spiro atoms. The molecule has 0 atom stereocenters. The summed E-state index contributed by atoms with van der Waals surface area (Å²) < 4.78 is 14.5. The summed E-state index contributed by atoms with van der Waals surface area (Å²) in [4.78, 5) is 0. The summed E-state index contributed by atoms with van der Waals surface area (Å²) >= 11 is 0. The molecule has 1 heterocycles. The Morgan fingerprint density at radius 1 is 0.963 bits per heavy atom. The third-order valence-corrected chi connectivity index (χ3v) is 6.04. The molecule has 1 aromatic carbocycles. The Morgan fingerprint density at radius 3 is 2.44 bits per heavy atom. The van der Waals surface area contributed by atoms with Gasteiger partial charge in [0, 0.05) is 5.56 Å². The van der Waals surface area contributed by atoms with Crippen LogP contribution in [0.1, 0.15) is 76.5 Å². The number of aryl methyl sites for hydroxylation is 2. The molecule has 1 aliphatic rings. The second kappa shape index (κ2) is 9.96. The van der Waals surface area contributed by atoms with Gasteiger partial charge in [-0.05, 0) is 67.3 Å². The number of nitrogens with zero attached hydrogens (tertiary/aromatic N) is 2. The largest absolute Gasteiger partial charge is 0.206 e. The van der Waals surface area contributed by atoms with Crippen LogP contribution in [0.3, 0.4) is 0 Å². The normalized spacial score (nSPS) is 20.0. The van der Waals surface area contributed by atoms with Crippen LogP contribution >= 0.6 is 0 Å². The van der Waals surface area contributed by atoms with Crippen molar-refractivity contribution in [3.05, 3.63) is 47.4 Å². The molecule has 0 radical (unpaired) electrons. The van der Waals surface area contributed by atoms with Gasteiger partial charge in [0.05, 0.1) is 11.4 Å². The second-order valence-electron chi connectivity index (χ2n) is 8.35. The molecule has 0 unspecified atom stereocenters. The smallest absolute Gasteiger partial charge is 0.132 e. The Bertz CT molecular complexity index is 703. The molecule has 0 saturated heterocycles. The van der Waals surface area contributed by atoms with Crippen LogP contribution in [0.5, 0.6) is 0 Å². The molecule has 3 rings (SSSR count). The molecule has 27 heavy (non-hydrogen) atoms. The van der Waals surface area contributed by atoms with Crippen molar-refractivity contribution < 1.29 is 4.39 Å². The van der Waals surface area contributed by atoms with Gasteiger partial charge < -0.3 is 0 Å². The third kappa shape index (κ3) is 5.85. The lowest BCUT2D eigenvalue weighted by Crippen LogP contribution is -2.13. The van der Waals surface area contributed by atoms with E-state index in [0.29, 0.717) is 11.3 Å². The first kappa shape index (κ1) is 20.0. The Balaban J connectivity index is 1.56. The van der Waals surface area contributed by atoms with E-state index in [9.17, 15) is 4.39 Å². The van der Waals surface area contributed by atoms with Crippen molar-refractivity contribution in [2.75, 3.05) is 0 Å². The van der Waals surface area contributed by atoms with Gasteiger partial charge in [0.1, 0.15) is 5.82 Å². The van der Waals surface area contributed by atoms with Crippen LogP contribution in [0.2, 0.25) is 0 Å². The summed E-state index contributed by atoms with van der Waals surface area (Å²) in [7, 11) is 0. The van der Waals surface area contributed by atoms with E-state index >= 15 is 0 Å². The minimum absolute atomic E-state index is 0.192. The van der Waals surface area contributed by atoms with Gasteiger partial charge in [0.15, 0.2) is 0 Å². The van der Waals surface area contributed by atoms with E-state index in [1.165, 1.54) is 44.9 Å². The van der Waals surface area contributed by atoms with Crippen molar-refractivity contribution in [3.63, 3.8) is 0 Å². The molecule has 1 aliphatic carbocycles. The summed E-state index contributed by atoms with van der Waals surface area (Å²) in [6, 6.07) is 9.46. The molecule has 146 valence electrons. The zero-order valence-corrected chi connectivity index (χ0v) is 16.9. The molecule has 1 aromatic heterocycles. The van der Waals surface area contributed by atoms with Crippen LogP contribution in [0.15, 0.2) is 30.3 Å². The lowest BCUT2D eigenvalue weighted by Gasteiger charge is -2.25. The lowest BCUT2D eigenvalue weighted by molar-refractivity contribution is 0.277.